The monoisotopic (exact) mass is 433 g/mol. The first-order valence-electron chi connectivity index (χ1n) is 9.49. The van der Waals surface area contributed by atoms with Crippen molar-refractivity contribution in [2.24, 2.45) is 0 Å². The highest BCUT2D eigenvalue weighted by Crippen LogP contribution is 2.28. The second kappa shape index (κ2) is 8.51. The average Bonchev–Trinajstić information content (AvgIpc) is 2.78. The molecule has 156 valence electrons. The second-order valence-corrected chi connectivity index (χ2v) is 8.81. The van der Waals surface area contributed by atoms with E-state index in [0.717, 1.165) is 5.69 Å². The van der Waals surface area contributed by atoms with Crippen molar-refractivity contribution in [1.82, 2.24) is 0 Å². The molecular formula is C24H21N2O4S+. The summed E-state index contributed by atoms with van der Waals surface area (Å²) in [6, 6.07) is 26.8. The fourth-order valence-corrected chi connectivity index (χ4v) is 4.14. The lowest BCUT2D eigenvalue weighted by Gasteiger charge is -2.09. The normalized spacial score (nSPS) is 11.1. The van der Waals surface area contributed by atoms with E-state index in [-0.39, 0.29) is 9.79 Å². The number of nitrogen functional groups attached to an aromatic ring is 1. The summed E-state index contributed by atoms with van der Waals surface area (Å²) >= 11 is 0. The number of ether oxygens (including phenoxy) is 2. The Hall–Kier alpha value is -3.81. The van der Waals surface area contributed by atoms with E-state index in [1.807, 2.05) is 12.1 Å². The number of benzene rings is 4. The maximum atomic E-state index is 12.9. The molecule has 31 heavy (non-hydrogen) atoms. The van der Waals surface area contributed by atoms with Crippen LogP contribution in [-0.4, -0.2) is 8.42 Å². The molecule has 0 radical (unpaired) electrons. The van der Waals surface area contributed by atoms with Gasteiger partial charge in [0.05, 0.1) is 9.79 Å². The molecule has 6 nitrogen and oxygen atoms in total. The van der Waals surface area contributed by atoms with Crippen molar-refractivity contribution < 1.29 is 23.6 Å². The summed E-state index contributed by atoms with van der Waals surface area (Å²) in [7, 11) is -3.67. The van der Waals surface area contributed by atoms with E-state index in [9.17, 15) is 8.42 Å². The Morgan fingerprint density at radius 3 is 1.26 bits per heavy atom. The molecule has 0 saturated carbocycles. The SMILES string of the molecule is Nc1ccc(Oc2ccc(S(=O)(=O)c3ccc(Oc4ccc([NH3+])cc4)cc3)cc2)cc1. The van der Waals surface area contributed by atoms with Crippen LogP contribution < -0.4 is 20.9 Å². The van der Waals surface area contributed by atoms with Crippen LogP contribution >= 0.6 is 0 Å². The van der Waals surface area contributed by atoms with Crippen molar-refractivity contribution in [3.63, 3.8) is 0 Å². The van der Waals surface area contributed by atoms with E-state index in [1.165, 1.54) is 24.3 Å². The van der Waals surface area contributed by atoms with Gasteiger partial charge in [-0.2, -0.15) is 0 Å². The van der Waals surface area contributed by atoms with Crippen LogP contribution in [0.25, 0.3) is 0 Å². The molecule has 4 aromatic rings. The molecule has 0 aromatic heterocycles. The molecule has 0 amide bonds. The Morgan fingerprint density at radius 2 is 0.871 bits per heavy atom. The lowest BCUT2D eigenvalue weighted by molar-refractivity contribution is -0.254. The Morgan fingerprint density at radius 1 is 0.548 bits per heavy atom. The van der Waals surface area contributed by atoms with Gasteiger partial charge < -0.3 is 20.9 Å². The minimum atomic E-state index is -3.67. The maximum Gasteiger partial charge on any atom is 0.206 e. The Labute approximate surface area is 180 Å². The van der Waals surface area contributed by atoms with Gasteiger partial charge in [-0.05, 0) is 84.9 Å². The third kappa shape index (κ3) is 4.85. The molecule has 0 bridgehead atoms. The van der Waals surface area contributed by atoms with Gasteiger partial charge in [-0.25, -0.2) is 8.42 Å². The van der Waals surface area contributed by atoms with E-state index in [1.54, 1.807) is 60.7 Å². The third-order valence-electron chi connectivity index (χ3n) is 4.54. The van der Waals surface area contributed by atoms with Crippen LogP contribution in [0.4, 0.5) is 11.4 Å². The van der Waals surface area contributed by atoms with Gasteiger partial charge in [0, 0.05) is 17.8 Å². The molecule has 5 N–H and O–H groups in total. The molecule has 0 heterocycles. The van der Waals surface area contributed by atoms with Crippen LogP contribution in [-0.2, 0) is 9.84 Å². The molecule has 4 rings (SSSR count). The van der Waals surface area contributed by atoms with Crippen LogP contribution in [0.3, 0.4) is 0 Å². The first-order chi connectivity index (χ1) is 14.9. The fraction of sp³-hybridized carbons (Fsp3) is 0. The number of anilines is 1. The Bertz CT molecular complexity index is 1170. The molecular weight excluding hydrogens is 412 g/mol. The zero-order valence-corrected chi connectivity index (χ0v) is 17.4. The van der Waals surface area contributed by atoms with Gasteiger partial charge in [0.15, 0.2) is 0 Å². The first-order valence-corrected chi connectivity index (χ1v) is 11.0. The molecule has 0 spiro atoms. The molecule has 0 aliphatic rings. The number of quaternary nitrogens is 1. The Kier molecular flexibility index (Phi) is 5.62. The fourth-order valence-electron chi connectivity index (χ4n) is 2.88. The summed E-state index contributed by atoms with van der Waals surface area (Å²) < 4.78 is 37.3. The van der Waals surface area contributed by atoms with Crippen LogP contribution in [0, 0.1) is 0 Å². The molecule has 0 fully saturated rings. The summed E-state index contributed by atoms with van der Waals surface area (Å²) in [5.41, 5.74) is 11.0. The summed E-state index contributed by atoms with van der Waals surface area (Å²) in [5.74, 6) is 2.34. The van der Waals surface area contributed by atoms with Crippen molar-refractivity contribution in [2.75, 3.05) is 5.73 Å². The smallest absolute Gasteiger partial charge is 0.206 e. The second-order valence-electron chi connectivity index (χ2n) is 6.86. The predicted molar refractivity (Wildman–Crippen MR) is 118 cm³/mol. The lowest BCUT2D eigenvalue weighted by atomic mass is 10.3. The van der Waals surface area contributed by atoms with Crippen molar-refractivity contribution in [3.8, 4) is 23.0 Å². The lowest BCUT2D eigenvalue weighted by Crippen LogP contribution is -2.39. The highest BCUT2D eigenvalue weighted by Gasteiger charge is 2.18. The molecule has 7 heteroatoms. The number of hydrogen-bond acceptors (Lipinski definition) is 5. The summed E-state index contributed by atoms with van der Waals surface area (Å²) in [5, 5.41) is 0. The van der Waals surface area contributed by atoms with Gasteiger partial charge in [0.1, 0.15) is 28.7 Å². The third-order valence-corrected chi connectivity index (χ3v) is 6.33. The van der Waals surface area contributed by atoms with E-state index < -0.39 is 9.84 Å². The van der Waals surface area contributed by atoms with Crippen LogP contribution in [0.5, 0.6) is 23.0 Å². The number of rotatable bonds is 6. The highest BCUT2D eigenvalue weighted by molar-refractivity contribution is 7.91. The van der Waals surface area contributed by atoms with E-state index in [0.29, 0.717) is 28.7 Å². The van der Waals surface area contributed by atoms with Gasteiger partial charge in [0.2, 0.25) is 9.84 Å². The van der Waals surface area contributed by atoms with Gasteiger partial charge in [-0.15, -0.1) is 0 Å². The molecule has 0 unspecified atom stereocenters. The molecule has 0 aliphatic heterocycles. The van der Waals surface area contributed by atoms with Crippen LogP contribution in [0.2, 0.25) is 0 Å². The molecule has 0 aliphatic carbocycles. The first kappa shape index (κ1) is 20.5. The van der Waals surface area contributed by atoms with Gasteiger partial charge in [-0.1, -0.05) is 0 Å². The minimum Gasteiger partial charge on any atom is -0.457 e. The number of sulfone groups is 1. The van der Waals surface area contributed by atoms with E-state index in [4.69, 9.17) is 15.2 Å². The average molecular weight is 434 g/mol. The van der Waals surface area contributed by atoms with Gasteiger partial charge in [0.25, 0.3) is 0 Å². The number of hydrogen-bond donors (Lipinski definition) is 2. The highest BCUT2D eigenvalue weighted by atomic mass is 32.2. The van der Waals surface area contributed by atoms with Gasteiger partial charge >= 0.3 is 0 Å². The van der Waals surface area contributed by atoms with Crippen LogP contribution in [0.15, 0.2) is 107 Å². The zero-order chi connectivity index (χ0) is 21.8. The Balaban J connectivity index is 1.48. The quantitative estimate of drug-likeness (QED) is 0.434. The summed E-state index contributed by atoms with van der Waals surface area (Å²) in [4.78, 5) is 0.358. The largest absolute Gasteiger partial charge is 0.457 e. The maximum absolute atomic E-state index is 12.9. The van der Waals surface area contributed by atoms with Crippen molar-refractivity contribution in [1.29, 1.82) is 0 Å². The number of nitrogens with two attached hydrogens (primary N) is 1. The van der Waals surface area contributed by atoms with E-state index >= 15 is 0 Å². The topological polar surface area (TPSA) is 106 Å². The predicted octanol–water partition coefficient (Wildman–Crippen LogP) is 4.56. The molecule has 0 saturated heterocycles. The summed E-state index contributed by atoms with van der Waals surface area (Å²) in [6.45, 7) is 0. The summed E-state index contributed by atoms with van der Waals surface area (Å²) in [6.07, 6.45) is 0. The zero-order valence-electron chi connectivity index (χ0n) is 16.6. The van der Waals surface area contributed by atoms with E-state index in [2.05, 4.69) is 5.73 Å². The van der Waals surface area contributed by atoms with Crippen LogP contribution in [0.1, 0.15) is 0 Å². The van der Waals surface area contributed by atoms with Gasteiger partial charge in [-0.3, -0.25) is 0 Å². The molecule has 4 aromatic carbocycles. The van der Waals surface area contributed by atoms with Crippen molar-refractivity contribution in [2.45, 2.75) is 9.79 Å². The van der Waals surface area contributed by atoms with Crippen molar-refractivity contribution in [3.05, 3.63) is 97.1 Å². The standard InChI is InChI=1S/C24H20N2O4S/c25-17-1-5-19(6-2-17)29-21-9-13-23(14-10-21)31(27,28)24-15-11-22(12-16-24)30-20-7-3-18(26)4-8-20/h1-16H,25-26H2/p+1. The molecule has 0 atom stereocenters. The van der Waals surface area contributed by atoms with Crippen molar-refractivity contribution >= 4 is 21.2 Å². The minimum absolute atomic E-state index is 0.178.